The molecule has 2 aliphatic rings. The zero-order chi connectivity index (χ0) is 24.6. The van der Waals surface area contributed by atoms with Crippen LogP contribution in [0.25, 0.3) is 0 Å². The van der Waals surface area contributed by atoms with Crippen molar-refractivity contribution in [2.24, 2.45) is 5.92 Å². The summed E-state index contributed by atoms with van der Waals surface area (Å²) in [4.78, 5) is 25.2. The van der Waals surface area contributed by atoms with Gasteiger partial charge < -0.3 is 15.4 Å². The minimum absolute atomic E-state index is 0.116. The van der Waals surface area contributed by atoms with Crippen LogP contribution in [0.15, 0.2) is 35.2 Å². The molecule has 0 saturated carbocycles. The first-order valence-electron chi connectivity index (χ1n) is 11.6. The van der Waals surface area contributed by atoms with Gasteiger partial charge in [-0.3, -0.25) is 9.59 Å². The predicted molar refractivity (Wildman–Crippen MR) is 131 cm³/mol. The second kappa shape index (κ2) is 9.38. The molecule has 2 N–H and O–H groups in total. The normalized spacial score (nSPS) is 20.8. The fourth-order valence-corrected chi connectivity index (χ4v) is 6.38. The Hall–Kier alpha value is -2.91. The van der Waals surface area contributed by atoms with Crippen molar-refractivity contribution < 1.29 is 22.7 Å². The average molecular weight is 486 g/mol. The Kier molecular flexibility index (Phi) is 6.69. The van der Waals surface area contributed by atoms with E-state index < -0.39 is 22.0 Å². The summed E-state index contributed by atoms with van der Waals surface area (Å²) in [7, 11) is -3.86. The highest BCUT2D eigenvalue weighted by molar-refractivity contribution is 7.89. The van der Waals surface area contributed by atoms with Crippen LogP contribution in [0.1, 0.15) is 42.9 Å². The first kappa shape index (κ1) is 24.2. The van der Waals surface area contributed by atoms with Gasteiger partial charge in [0.25, 0.3) is 5.91 Å². The Morgan fingerprint density at radius 2 is 1.85 bits per heavy atom. The number of carbonyl (C=O) groups excluding carboxylic acids is 2. The lowest BCUT2D eigenvalue weighted by Gasteiger charge is -2.32. The number of anilines is 2. The first-order chi connectivity index (χ1) is 16.1. The van der Waals surface area contributed by atoms with Crippen molar-refractivity contribution in [3.8, 4) is 5.75 Å². The Labute approximate surface area is 200 Å². The second-order valence-corrected chi connectivity index (χ2v) is 11.1. The van der Waals surface area contributed by atoms with Crippen LogP contribution in [-0.2, 0) is 19.6 Å². The van der Waals surface area contributed by atoms with Crippen molar-refractivity contribution >= 4 is 33.2 Å². The van der Waals surface area contributed by atoms with E-state index in [1.165, 1.54) is 10.4 Å². The molecule has 2 aromatic carbocycles. The molecule has 2 amide bonds. The van der Waals surface area contributed by atoms with E-state index in [0.29, 0.717) is 42.8 Å². The van der Waals surface area contributed by atoms with E-state index in [1.54, 1.807) is 13.0 Å². The molecule has 8 nitrogen and oxygen atoms in total. The molecule has 0 aliphatic carbocycles. The number of piperidine rings is 1. The van der Waals surface area contributed by atoms with E-state index in [9.17, 15) is 18.0 Å². The maximum atomic E-state index is 13.6. The number of hydrogen-bond donors (Lipinski definition) is 2. The lowest BCUT2D eigenvalue weighted by Crippen LogP contribution is -2.44. The number of aryl methyl sites for hydroxylation is 3. The van der Waals surface area contributed by atoms with Crippen LogP contribution in [-0.4, -0.2) is 43.7 Å². The van der Waals surface area contributed by atoms with Crippen LogP contribution in [0.5, 0.6) is 5.75 Å². The van der Waals surface area contributed by atoms with Gasteiger partial charge in [-0.15, -0.1) is 0 Å². The van der Waals surface area contributed by atoms with Crippen LogP contribution < -0.4 is 15.4 Å². The molecule has 182 valence electrons. The minimum Gasteiger partial charge on any atom is -0.478 e. The number of benzene rings is 2. The summed E-state index contributed by atoms with van der Waals surface area (Å²) in [6.45, 7) is 7.93. The third kappa shape index (κ3) is 4.81. The molecule has 0 aromatic heterocycles. The van der Waals surface area contributed by atoms with Crippen molar-refractivity contribution in [3.05, 3.63) is 47.0 Å². The fourth-order valence-electron chi connectivity index (χ4n) is 4.64. The van der Waals surface area contributed by atoms with Crippen molar-refractivity contribution in [2.75, 3.05) is 23.7 Å². The topological polar surface area (TPSA) is 105 Å². The minimum atomic E-state index is -3.86. The van der Waals surface area contributed by atoms with Gasteiger partial charge >= 0.3 is 0 Å². The summed E-state index contributed by atoms with van der Waals surface area (Å²) < 4.78 is 34.3. The second-order valence-electron chi connectivity index (χ2n) is 9.19. The molecular formula is C25H31N3O5S. The fraction of sp³-hybridized carbons (Fsp3) is 0.440. The molecule has 0 spiro atoms. The number of rotatable bonds is 5. The maximum Gasteiger partial charge on any atom is 0.265 e. The van der Waals surface area contributed by atoms with Crippen LogP contribution in [0, 0.1) is 26.7 Å². The summed E-state index contributed by atoms with van der Waals surface area (Å²) in [5.41, 5.74) is 3.80. The van der Waals surface area contributed by atoms with Crippen LogP contribution in [0.4, 0.5) is 11.4 Å². The molecular weight excluding hydrogens is 454 g/mol. The number of carbonyl (C=O) groups is 2. The van der Waals surface area contributed by atoms with Crippen LogP contribution >= 0.6 is 0 Å². The molecule has 1 saturated heterocycles. The van der Waals surface area contributed by atoms with Crippen LogP contribution in [0.3, 0.4) is 0 Å². The van der Waals surface area contributed by atoms with Gasteiger partial charge in [-0.2, -0.15) is 4.31 Å². The summed E-state index contributed by atoms with van der Waals surface area (Å²) in [6, 6.07) is 8.95. The Morgan fingerprint density at radius 1 is 1.15 bits per heavy atom. The molecule has 34 heavy (non-hydrogen) atoms. The van der Waals surface area contributed by atoms with Gasteiger partial charge in [0.15, 0.2) is 6.10 Å². The van der Waals surface area contributed by atoms with Crippen LogP contribution in [0.2, 0.25) is 0 Å². The summed E-state index contributed by atoms with van der Waals surface area (Å²) in [5.74, 6) is -0.512. The highest BCUT2D eigenvalue weighted by atomic mass is 32.2. The Morgan fingerprint density at radius 3 is 2.53 bits per heavy atom. The molecule has 2 aromatic rings. The van der Waals surface area contributed by atoms with E-state index in [2.05, 4.69) is 10.6 Å². The van der Waals surface area contributed by atoms with Gasteiger partial charge in [0.2, 0.25) is 15.9 Å². The zero-order valence-corrected chi connectivity index (χ0v) is 20.8. The predicted octanol–water partition coefficient (Wildman–Crippen LogP) is 3.76. The molecule has 2 atom stereocenters. The van der Waals surface area contributed by atoms with Gasteiger partial charge in [-0.05, 0) is 74.9 Å². The summed E-state index contributed by atoms with van der Waals surface area (Å²) in [6.07, 6.45) is 1.04. The Bertz CT molecular complexity index is 1220. The molecule has 0 bridgehead atoms. The number of amides is 2. The van der Waals surface area contributed by atoms with Gasteiger partial charge in [-0.1, -0.05) is 13.0 Å². The smallest absolute Gasteiger partial charge is 0.265 e. The average Bonchev–Trinajstić information content (AvgIpc) is 2.77. The molecule has 1 fully saturated rings. The number of nitrogens with one attached hydrogen (secondary N) is 2. The molecule has 2 unspecified atom stereocenters. The van der Waals surface area contributed by atoms with Gasteiger partial charge in [0.1, 0.15) is 5.75 Å². The van der Waals surface area contributed by atoms with Crippen molar-refractivity contribution in [1.29, 1.82) is 0 Å². The molecule has 2 aliphatic heterocycles. The van der Waals surface area contributed by atoms with Crippen molar-refractivity contribution in [2.45, 2.75) is 58.0 Å². The van der Waals surface area contributed by atoms with Gasteiger partial charge in [0, 0.05) is 24.8 Å². The van der Waals surface area contributed by atoms with Crippen molar-refractivity contribution in [3.63, 3.8) is 0 Å². The highest BCUT2D eigenvalue weighted by Gasteiger charge is 2.36. The number of fused-ring (bicyclic) bond motifs is 1. The quantitative estimate of drug-likeness (QED) is 0.671. The lowest BCUT2D eigenvalue weighted by atomic mass is 9.98. The monoisotopic (exact) mass is 485 g/mol. The molecule has 4 rings (SSSR count). The highest BCUT2D eigenvalue weighted by Crippen LogP contribution is 2.36. The maximum absolute atomic E-state index is 13.6. The number of ether oxygens (including phenoxy) is 1. The third-order valence-corrected chi connectivity index (χ3v) is 8.34. The van der Waals surface area contributed by atoms with E-state index in [4.69, 9.17) is 4.74 Å². The standard InChI is InChI=1S/C25H31N3O5S/c1-5-21-25(30)27-20-12-17(4)23(13-22(20)33-21)34(31,32)28-8-6-7-18(14-28)24(29)26-19-10-15(2)9-16(3)11-19/h9-13,18,21H,5-8,14H2,1-4H3,(H,26,29)(H,27,30). The van der Waals surface area contributed by atoms with Crippen molar-refractivity contribution in [1.82, 2.24) is 4.31 Å². The number of sulfonamides is 1. The SMILES string of the molecule is CCC1Oc2cc(S(=O)(=O)N3CCCC(C(=O)Nc4cc(C)cc(C)c4)C3)c(C)cc2NC1=O. The van der Waals surface area contributed by atoms with E-state index in [1.807, 2.05) is 39.0 Å². The molecule has 9 heteroatoms. The van der Waals surface area contributed by atoms with Gasteiger partial charge in [-0.25, -0.2) is 8.42 Å². The van der Waals surface area contributed by atoms with E-state index >= 15 is 0 Å². The largest absolute Gasteiger partial charge is 0.478 e. The summed E-state index contributed by atoms with van der Waals surface area (Å²) in [5, 5.41) is 5.74. The number of nitrogens with zero attached hydrogens (tertiary/aromatic N) is 1. The van der Waals surface area contributed by atoms with E-state index in [-0.39, 0.29) is 23.3 Å². The van der Waals surface area contributed by atoms with Gasteiger partial charge in [0.05, 0.1) is 16.5 Å². The first-order valence-corrected chi connectivity index (χ1v) is 13.0. The lowest BCUT2D eigenvalue weighted by molar-refractivity contribution is -0.123. The molecule has 2 heterocycles. The third-order valence-electron chi connectivity index (χ3n) is 6.33. The molecule has 0 radical (unpaired) electrons. The zero-order valence-electron chi connectivity index (χ0n) is 20.0. The van der Waals surface area contributed by atoms with E-state index in [0.717, 1.165) is 16.8 Å². The number of hydrogen-bond acceptors (Lipinski definition) is 5. The summed E-state index contributed by atoms with van der Waals surface area (Å²) >= 11 is 0. The Balaban J connectivity index is 1.54.